The molecule has 198 valence electrons. The van der Waals surface area contributed by atoms with Crippen molar-refractivity contribution in [1.29, 1.82) is 0 Å². The summed E-state index contributed by atoms with van der Waals surface area (Å²) in [7, 11) is 1.60. The van der Waals surface area contributed by atoms with E-state index in [9.17, 15) is 4.79 Å². The number of thioether (sulfide) groups is 1. The Kier molecular flexibility index (Phi) is 8.27. The van der Waals surface area contributed by atoms with Crippen LogP contribution in [0, 0.1) is 6.92 Å². The summed E-state index contributed by atoms with van der Waals surface area (Å²) < 4.78 is 8.95. The molecule has 2 aromatic carbocycles. The Hall–Kier alpha value is -3.57. The summed E-state index contributed by atoms with van der Waals surface area (Å²) in [5.41, 5.74) is 5.76. The number of methoxy groups -OCH3 is 1. The lowest BCUT2D eigenvalue weighted by Gasteiger charge is -2.24. The summed E-state index contributed by atoms with van der Waals surface area (Å²) in [4.78, 5) is 31.0. The van der Waals surface area contributed by atoms with E-state index in [2.05, 4.69) is 62.1 Å². The monoisotopic (exact) mass is 549 g/mol. The van der Waals surface area contributed by atoms with Gasteiger partial charge in [0.25, 0.3) is 5.91 Å². The van der Waals surface area contributed by atoms with Crippen molar-refractivity contribution < 1.29 is 9.53 Å². The smallest absolute Gasteiger partial charge is 0.255 e. The van der Waals surface area contributed by atoms with Gasteiger partial charge in [-0.15, -0.1) is 0 Å². The van der Waals surface area contributed by atoms with Gasteiger partial charge in [0.05, 0.1) is 24.7 Å². The second-order valence-electron chi connectivity index (χ2n) is 9.58. The molecule has 38 heavy (non-hydrogen) atoms. The Balaban J connectivity index is 1.68. The summed E-state index contributed by atoms with van der Waals surface area (Å²) >= 11 is 2.91. The minimum absolute atomic E-state index is 0.123. The number of rotatable bonds is 8. The van der Waals surface area contributed by atoms with Crippen molar-refractivity contribution in [1.82, 2.24) is 19.9 Å². The third kappa shape index (κ3) is 5.94. The molecule has 4 aromatic rings. The first-order valence-electron chi connectivity index (χ1n) is 11.9. The maximum Gasteiger partial charge on any atom is 0.255 e. The van der Waals surface area contributed by atoms with Crippen LogP contribution < -0.4 is 20.1 Å². The molecule has 0 unspecified atom stereocenters. The van der Waals surface area contributed by atoms with E-state index in [-0.39, 0.29) is 11.3 Å². The Bertz CT molecular complexity index is 1490. The first-order valence-corrected chi connectivity index (χ1v) is 14.3. The number of hydrogen-bond donors (Lipinski definition) is 3. The van der Waals surface area contributed by atoms with Gasteiger partial charge in [0.15, 0.2) is 16.7 Å². The highest BCUT2D eigenvalue weighted by molar-refractivity contribution is 7.99. The number of carbonyl (C=O) groups is 1. The molecule has 0 radical (unpaired) electrons. The van der Waals surface area contributed by atoms with Gasteiger partial charge in [-0.1, -0.05) is 50.5 Å². The molecule has 0 aliphatic rings. The van der Waals surface area contributed by atoms with Crippen molar-refractivity contribution in [3.8, 4) is 5.75 Å². The van der Waals surface area contributed by atoms with E-state index in [1.165, 1.54) is 30.0 Å². The zero-order valence-corrected chi connectivity index (χ0v) is 24.1. The molecule has 0 bridgehead atoms. The molecule has 1 amide bonds. The normalized spacial score (nSPS) is 11.3. The van der Waals surface area contributed by atoms with Crippen LogP contribution in [0.25, 0.3) is 11.0 Å². The third-order valence-electron chi connectivity index (χ3n) is 5.91. The van der Waals surface area contributed by atoms with Gasteiger partial charge in [-0.3, -0.25) is 4.79 Å². The lowest BCUT2D eigenvalue weighted by atomic mass is 9.86. The SMILES string of the molecule is COc1c(NSC)cc(C(C)(C)C)cc1NC(=O)c1ccc(C)c(Nc2ncnc3cnc(SC)nc23)c1. The van der Waals surface area contributed by atoms with Crippen LogP contribution in [0.3, 0.4) is 0 Å². The lowest BCUT2D eigenvalue weighted by Crippen LogP contribution is -2.16. The molecule has 0 saturated heterocycles. The number of amides is 1. The first-order chi connectivity index (χ1) is 18.1. The fraction of sp³-hybridized carbons (Fsp3) is 0.296. The number of aromatic nitrogens is 4. The van der Waals surface area contributed by atoms with Gasteiger partial charge in [0, 0.05) is 17.5 Å². The average Bonchev–Trinajstić information content (AvgIpc) is 2.89. The second-order valence-corrected chi connectivity index (χ2v) is 11.0. The van der Waals surface area contributed by atoms with Crippen LogP contribution in [0.2, 0.25) is 0 Å². The van der Waals surface area contributed by atoms with Crippen LogP contribution in [0.4, 0.5) is 22.9 Å². The van der Waals surface area contributed by atoms with Crippen molar-refractivity contribution in [2.24, 2.45) is 0 Å². The predicted octanol–water partition coefficient (Wildman–Crippen LogP) is 6.44. The number of aryl methyl sites for hydroxylation is 1. The van der Waals surface area contributed by atoms with Crippen LogP contribution in [0.15, 0.2) is 48.0 Å². The molecule has 0 spiro atoms. The van der Waals surface area contributed by atoms with Crippen LogP contribution in [-0.4, -0.2) is 45.5 Å². The summed E-state index contributed by atoms with van der Waals surface area (Å²) in [6.07, 6.45) is 7.00. The standard InChI is InChI=1S/C27H31N7O2S2/c1-15-8-9-16(10-18(15)31-24-22-21(29-14-30-24)13-28-26(33-22)37-6)25(35)32-19-11-17(27(2,3)4)12-20(34-38-7)23(19)36-5/h8-14,34H,1-7H3,(H,32,35)(H,29,30,31). The minimum atomic E-state index is -0.257. The predicted molar refractivity (Wildman–Crippen MR) is 158 cm³/mol. The Morgan fingerprint density at radius 1 is 1.00 bits per heavy atom. The van der Waals surface area contributed by atoms with E-state index in [4.69, 9.17) is 4.74 Å². The number of anilines is 4. The van der Waals surface area contributed by atoms with Gasteiger partial charge >= 0.3 is 0 Å². The van der Waals surface area contributed by atoms with Crippen LogP contribution in [0.5, 0.6) is 5.75 Å². The van der Waals surface area contributed by atoms with Gasteiger partial charge < -0.3 is 20.1 Å². The highest BCUT2D eigenvalue weighted by Crippen LogP contribution is 2.40. The molecular formula is C27H31N7O2S2. The van der Waals surface area contributed by atoms with Crippen molar-refractivity contribution in [3.63, 3.8) is 0 Å². The van der Waals surface area contributed by atoms with Crippen molar-refractivity contribution in [2.45, 2.75) is 38.3 Å². The Morgan fingerprint density at radius 3 is 2.45 bits per heavy atom. The van der Waals surface area contributed by atoms with Gasteiger partial charge in [0.2, 0.25) is 0 Å². The van der Waals surface area contributed by atoms with Gasteiger partial charge in [-0.05, 0) is 54.0 Å². The van der Waals surface area contributed by atoms with Crippen LogP contribution in [0.1, 0.15) is 42.3 Å². The fourth-order valence-electron chi connectivity index (χ4n) is 3.81. The highest BCUT2D eigenvalue weighted by Gasteiger charge is 2.21. The number of ether oxygens (including phenoxy) is 1. The summed E-state index contributed by atoms with van der Waals surface area (Å²) in [6, 6.07) is 9.51. The number of nitrogens with zero attached hydrogens (tertiary/aromatic N) is 4. The number of carbonyl (C=O) groups excluding carboxylic acids is 1. The van der Waals surface area contributed by atoms with E-state index < -0.39 is 0 Å². The van der Waals surface area contributed by atoms with Gasteiger partial charge in [0.1, 0.15) is 17.4 Å². The fourth-order valence-corrected chi connectivity index (χ4v) is 4.52. The average molecular weight is 550 g/mol. The van der Waals surface area contributed by atoms with E-state index in [1.54, 1.807) is 25.4 Å². The molecule has 0 fully saturated rings. The van der Waals surface area contributed by atoms with Crippen molar-refractivity contribution >= 4 is 63.5 Å². The van der Waals surface area contributed by atoms with E-state index >= 15 is 0 Å². The number of hydrogen-bond acceptors (Lipinski definition) is 10. The Morgan fingerprint density at radius 2 is 1.76 bits per heavy atom. The zero-order valence-electron chi connectivity index (χ0n) is 22.5. The first kappa shape index (κ1) is 27.5. The molecule has 0 saturated carbocycles. The molecule has 0 aliphatic heterocycles. The molecule has 2 heterocycles. The molecule has 3 N–H and O–H groups in total. The minimum Gasteiger partial charge on any atom is -0.492 e. The molecule has 2 aromatic heterocycles. The molecule has 0 atom stereocenters. The van der Waals surface area contributed by atoms with Crippen LogP contribution >= 0.6 is 23.7 Å². The maximum atomic E-state index is 13.5. The number of nitrogens with one attached hydrogen (secondary N) is 3. The second kappa shape index (κ2) is 11.4. The molecule has 4 rings (SSSR count). The third-order valence-corrected chi connectivity index (χ3v) is 6.90. The summed E-state index contributed by atoms with van der Waals surface area (Å²) in [5, 5.41) is 7.02. The number of benzene rings is 2. The number of fused-ring (bicyclic) bond motifs is 1. The van der Waals surface area contributed by atoms with E-state index in [0.717, 1.165) is 22.5 Å². The van der Waals surface area contributed by atoms with E-state index in [1.807, 2.05) is 31.6 Å². The molecule has 0 aliphatic carbocycles. The molecular weight excluding hydrogens is 518 g/mol. The quantitative estimate of drug-likeness (QED) is 0.129. The summed E-state index contributed by atoms with van der Waals surface area (Å²) in [6.45, 7) is 8.35. The van der Waals surface area contributed by atoms with Crippen LogP contribution in [-0.2, 0) is 5.41 Å². The van der Waals surface area contributed by atoms with Gasteiger partial charge in [-0.2, -0.15) is 0 Å². The molecule has 11 heteroatoms. The lowest BCUT2D eigenvalue weighted by molar-refractivity contribution is 0.102. The topological polar surface area (TPSA) is 114 Å². The summed E-state index contributed by atoms with van der Waals surface area (Å²) in [5.74, 6) is 0.857. The molecule has 9 nitrogen and oxygen atoms in total. The van der Waals surface area contributed by atoms with Gasteiger partial charge in [-0.25, -0.2) is 19.9 Å². The largest absolute Gasteiger partial charge is 0.492 e. The van der Waals surface area contributed by atoms with Crippen molar-refractivity contribution in [3.05, 3.63) is 59.5 Å². The maximum absolute atomic E-state index is 13.5. The highest BCUT2D eigenvalue weighted by atomic mass is 32.2. The van der Waals surface area contributed by atoms with Crippen molar-refractivity contribution in [2.75, 3.05) is 35.0 Å². The Labute approximate surface area is 231 Å². The van der Waals surface area contributed by atoms with E-state index in [0.29, 0.717) is 39.0 Å². The zero-order chi connectivity index (χ0) is 27.4.